The third-order valence-corrected chi connectivity index (χ3v) is 3.02. The summed E-state index contributed by atoms with van der Waals surface area (Å²) >= 11 is 0. The Balaban J connectivity index is 2.71. The lowest BCUT2D eigenvalue weighted by molar-refractivity contribution is 0.881. The summed E-state index contributed by atoms with van der Waals surface area (Å²) in [6, 6.07) is 9.87. The molecule has 0 unspecified atom stereocenters. The van der Waals surface area contributed by atoms with Crippen molar-refractivity contribution < 1.29 is 0 Å². The van der Waals surface area contributed by atoms with E-state index in [2.05, 4.69) is 0 Å². The molecular weight excluding hydrogens is 200 g/mol. The SMILES string of the molecule is Cc1ccc2c(c1)c(=O)n(C)c1cccn21. The van der Waals surface area contributed by atoms with Gasteiger partial charge < -0.3 is 4.40 Å². The fourth-order valence-electron chi connectivity index (χ4n) is 2.16. The van der Waals surface area contributed by atoms with Gasteiger partial charge >= 0.3 is 0 Å². The van der Waals surface area contributed by atoms with Gasteiger partial charge in [-0.25, -0.2) is 0 Å². The van der Waals surface area contributed by atoms with Gasteiger partial charge in [0.15, 0.2) is 0 Å². The lowest BCUT2D eigenvalue weighted by atomic mass is 10.1. The van der Waals surface area contributed by atoms with Crippen LogP contribution >= 0.6 is 0 Å². The van der Waals surface area contributed by atoms with Gasteiger partial charge in [-0.2, -0.15) is 0 Å². The maximum atomic E-state index is 12.1. The van der Waals surface area contributed by atoms with Gasteiger partial charge in [-0.05, 0) is 31.2 Å². The van der Waals surface area contributed by atoms with Gasteiger partial charge in [-0.1, -0.05) is 11.6 Å². The van der Waals surface area contributed by atoms with E-state index in [-0.39, 0.29) is 5.56 Å². The standard InChI is InChI=1S/C13H12N2O/c1-9-5-6-11-10(8-9)13(16)14(2)12-4-3-7-15(11)12/h3-8H,1-2H3. The molecule has 16 heavy (non-hydrogen) atoms. The van der Waals surface area contributed by atoms with Gasteiger partial charge in [0, 0.05) is 13.2 Å². The first-order chi connectivity index (χ1) is 7.68. The van der Waals surface area contributed by atoms with Crippen molar-refractivity contribution in [2.75, 3.05) is 0 Å². The van der Waals surface area contributed by atoms with E-state index in [1.807, 2.05) is 47.9 Å². The summed E-state index contributed by atoms with van der Waals surface area (Å²) in [5, 5.41) is 0.770. The minimum atomic E-state index is 0.0601. The minimum Gasteiger partial charge on any atom is -0.302 e. The smallest absolute Gasteiger partial charge is 0.261 e. The summed E-state index contributed by atoms with van der Waals surface area (Å²) in [6.45, 7) is 2.00. The monoisotopic (exact) mass is 212 g/mol. The zero-order chi connectivity index (χ0) is 11.3. The molecule has 0 saturated heterocycles. The van der Waals surface area contributed by atoms with Crippen molar-refractivity contribution in [2.45, 2.75) is 6.92 Å². The molecule has 1 aromatic carbocycles. The average Bonchev–Trinajstić information content (AvgIpc) is 2.75. The van der Waals surface area contributed by atoms with Crippen LogP contribution in [0, 0.1) is 6.92 Å². The van der Waals surface area contributed by atoms with Gasteiger partial charge in [0.05, 0.1) is 10.9 Å². The molecule has 0 aliphatic carbocycles. The molecule has 0 saturated carbocycles. The number of hydrogen-bond acceptors (Lipinski definition) is 1. The minimum absolute atomic E-state index is 0.0601. The van der Waals surface area contributed by atoms with Gasteiger partial charge in [-0.15, -0.1) is 0 Å². The molecule has 3 rings (SSSR count). The van der Waals surface area contributed by atoms with Crippen molar-refractivity contribution in [3.8, 4) is 0 Å². The first-order valence-corrected chi connectivity index (χ1v) is 5.25. The van der Waals surface area contributed by atoms with Crippen molar-refractivity contribution >= 4 is 16.6 Å². The zero-order valence-electron chi connectivity index (χ0n) is 9.27. The Kier molecular flexibility index (Phi) is 1.72. The normalized spacial score (nSPS) is 11.4. The second-order valence-electron chi connectivity index (χ2n) is 4.12. The molecule has 2 heterocycles. The van der Waals surface area contributed by atoms with Gasteiger partial charge in [-0.3, -0.25) is 9.36 Å². The van der Waals surface area contributed by atoms with Crippen LogP contribution in [0.25, 0.3) is 16.6 Å². The highest BCUT2D eigenvalue weighted by Crippen LogP contribution is 2.15. The van der Waals surface area contributed by atoms with Crippen LogP contribution in [0.4, 0.5) is 0 Å². The molecule has 0 aliphatic rings. The van der Waals surface area contributed by atoms with Crippen LogP contribution in [-0.4, -0.2) is 8.97 Å². The van der Waals surface area contributed by atoms with E-state index in [4.69, 9.17) is 0 Å². The molecule has 80 valence electrons. The molecule has 0 spiro atoms. The molecule has 0 amide bonds. The highest BCUT2D eigenvalue weighted by Gasteiger charge is 2.07. The Morgan fingerprint density at radius 1 is 1.19 bits per heavy atom. The number of rotatable bonds is 0. The molecule has 0 fully saturated rings. The highest BCUT2D eigenvalue weighted by atomic mass is 16.1. The number of fused-ring (bicyclic) bond motifs is 3. The van der Waals surface area contributed by atoms with E-state index < -0.39 is 0 Å². The largest absolute Gasteiger partial charge is 0.302 e. The van der Waals surface area contributed by atoms with E-state index in [9.17, 15) is 4.79 Å². The van der Waals surface area contributed by atoms with Crippen molar-refractivity contribution in [3.63, 3.8) is 0 Å². The van der Waals surface area contributed by atoms with Crippen LogP contribution in [0.15, 0.2) is 41.3 Å². The molecule has 3 nitrogen and oxygen atoms in total. The van der Waals surface area contributed by atoms with Crippen LogP contribution < -0.4 is 5.56 Å². The first-order valence-electron chi connectivity index (χ1n) is 5.25. The van der Waals surface area contributed by atoms with E-state index in [1.54, 1.807) is 11.6 Å². The lowest BCUT2D eigenvalue weighted by Gasteiger charge is -2.07. The van der Waals surface area contributed by atoms with Crippen LogP contribution in [0.5, 0.6) is 0 Å². The maximum absolute atomic E-state index is 12.1. The van der Waals surface area contributed by atoms with Crippen LogP contribution in [0.3, 0.4) is 0 Å². The van der Waals surface area contributed by atoms with Crippen LogP contribution in [-0.2, 0) is 7.05 Å². The fraction of sp³-hybridized carbons (Fsp3) is 0.154. The Bertz CT molecular complexity index is 750. The molecule has 0 atom stereocenters. The lowest BCUT2D eigenvalue weighted by Crippen LogP contribution is -2.19. The molecule has 3 aromatic rings. The number of benzene rings is 1. The summed E-state index contributed by atoms with van der Waals surface area (Å²) in [4.78, 5) is 12.1. The molecule has 0 radical (unpaired) electrons. The molecule has 0 N–H and O–H groups in total. The number of nitrogens with zero attached hydrogens (tertiary/aromatic N) is 2. The second kappa shape index (κ2) is 2.98. The maximum Gasteiger partial charge on any atom is 0.261 e. The van der Waals surface area contributed by atoms with E-state index >= 15 is 0 Å². The predicted molar refractivity (Wildman–Crippen MR) is 64.9 cm³/mol. The molecule has 0 bridgehead atoms. The third-order valence-electron chi connectivity index (χ3n) is 3.02. The number of aromatic nitrogens is 2. The molecule has 3 heteroatoms. The summed E-state index contributed by atoms with van der Waals surface area (Å²) in [5.74, 6) is 0. The van der Waals surface area contributed by atoms with Crippen molar-refractivity contribution in [2.24, 2.45) is 7.05 Å². The Labute approximate surface area is 92.6 Å². The van der Waals surface area contributed by atoms with Crippen LogP contribution in [0.2, 0.25) is 0 Å². The fourth-order valence-corrected chi connectivity index (χ4v) is 2.16. The van der Waals surface area contributed by atoms with Crippen molar-refractivity contribution in [3.05, 3.63) is 52.4 Å². The summed E-state index contributed by atoms with van der Waals surface area (Å²) in [6.07, 6.45) is 1.98. The molecule has 0 aliphatic heterocycles. The Hall–Kier alpha value is -2.03. The Morgan fingerprint density at radius 2 is 2.00 bits per heavy atom. The van der Waals surface area contributed by atoms with Gasteiger partial charge in [0.25, 0.3) is 5.56 Å². The van der Waals surface area contributed by atoms with E-state index in [1.165, 1.54) is 0 Å². The number of hydrogen-bond donors (Lipinski definition) is 0. The quantitative estimate of drug-likeness (QED) is 0.560. The number of aryl methyl sites for hydroxylation is 2. The van der Waals surface area contributed by atoms with E-state index in [0.29, 0.717) is 0 Å². The Morgan fingerprint density at radius 3 is 2.81 bits per heavy atom. The first kappa shape index (κ1) is 9.21. The molecule has 2 aromatic heterocycles. The summed E-state index contributed by atoms with van der Waals surface area (Å²) in [5.41, 5.74) is 3.05. The third kappa shape index (κ3) is 1.05. The second-order valence-corrected chi connectivity index (χ2v) is 4.12. The topological polar surface area (TPSA) is 26.4 Å². The summed E-state index contributed by atoms with van der Waals surface area (Å²) < 4.78 is 3.72. The van der Waals surface area contributed by atoms with Gasteiger partial charge in [0.1, 0.15) is 5.65 Å². The predicted octanol–water partition coefficient (Wildman–Crippen LogP) is 2.10. The van der Waals surface area contributed by atoms with Crippen LogP contribution in [0.1, 0.15) is 5.56 Å². The summed E-state index contributed by atoms with van der Waals surface area (Å²) in [7, 11) is 1.80. The van der Waals surface area contributed by atoms with Gasteiger partial charge in [0.2, 0.25) is 0 Å². The average molecular weight is 212 g/mol. The highest BCUT2D eigenvalue weighted by molar-refractivity contribution is 5.81. The van der Waals surface area contributed by atoms with Crippen molar-refractivity contribution in [1.29, 1.82) is 0 Å². The zero-order valence-corrected chi connectivity index (χ0v) is 9.27. The molecular formula is C13H12N2O. The van der Waals surface area contributed by atoms with Crippen molar-refractivity contribution in [1.82, 2.24) is 8.97 Å². The van der Waals surface area contributed by atoms with E-state index in [0.717, 1.165) is 22.1 Å².